The van der Waals surface area contributed by atoms with Crippen LogP contribution in [0.5, 0.6) is 0 Å². The molecular weight excluding hydrogens is 842 g/mol. The van der Waals surface area contributed by atoms with Crippen LogP contribution in [0.1, 0.15) is 290 Å². The maximum absolute atomic E-state index is 12.8. The molecule has 0 amide bonds. The Hall–Kier alpha value is -0.760. The Balaban J connectivity index is 4.02. The lowest BCUT2D eigenvalue weighted by Gasteiger charge is -2.24. The van der Waals surface area contributed by atoms with Crippen LogP contribution in [0.2, 0.25) is 0 Å². The Morgan fingerprint density at radius 1 is 0.455 bits per heavy atom. The normalized spacial score (nSPS) is 13.5. The summed E-state index contributed by atoms with van der Waals surface area (Å²) in [6.07, 6.45) is 59.9. The Bertz CT molecular complexity index is 1070. The van der Waals surface area contributed by atoms with Gasteiger partial charge in [0.1, 0.15) is 19.3 Å². The summed E-state index contributed by atoms with van der Waals surface area (Å²) in [4.78, 5) is 23.1. The van der Waals surface area contributed by atoms with Crippen LogP contribution in [-0.2, 0) is 27.9 Å². The van der Waals surface area contributed by atoms with Gasteiger partial charge in [-0.3, -0.25) is 13.8 Å². The highest BCUT2D eigenvalue weighted by molar-refractivity contribution is 7.47. The van der Waals surface area contributed by atoms with Crippen molar-refractivity contribution in [2.75, 3.05) is 54.1 Å². The predicted octanol–water partition coefficient (Wildman–Crippen LogP) is 18.1. The first-order valence-electron chi connectivity index (χ1n) is 28.9. The first-order chi connectivity index (χ1) is 32.1. The number of rotatable bonds is 55. The number of hydrogen-bond donors (Lipinski definition) is 1. The third-order valence-electron chi connectivity index (χ3n) is 13.1. The van der Waals surface area contributed by atoms with Gasteiger partial charge >= 0.3 is 13.8 Å². The van der Waals surface area contributed by atoms with Gasteiger partial charge in [0.2, 0.25) is 0 Å². The van der Waals surface area contributed by atoms with Crippen LogP contribution in [-0.4, -0.2) is 75.6 Å². The quantitative estimate of drug-likeness (QED) is 0.0213. The van der Waals surface area contributed by atoms with E-state index in [-0.39, 0.29) is 25.8 Å². The van der Waals surface area contributed by atoms with E-state index < -0.39 is 13.9 Å². The zero-order valence-electron chi connectivity index (χ0n) is 45.0. The molecule has 66 heavy (non-hydrogen) atoms. The minimum absolute atomic E-state index is 0.0923. The van der Waals surface area contributed by atoms with Crippen LogP contribution >= 0.6 is 7.82 Å². The molecule has 2 atom stereocenters. The molecule has 9 heteroatoms. The molecule has 0 saturated carbocycles. The van der Waals surface area contributed by atoms with Crippen LogP contribution in [0.25, 0.3) is 0 Å². The Morgan fingerprint density at radius 3 is 1.15 bits per heavy atom. The highest BCUT2D eigenvalue weighted by atomic mass is 31.2. The Kier molecular flexibility index (Phi) is 50.0. The highest BCUT2D eigenvalue weighted by Gasteiger charge is 2.26. The summed E-state index contributed by atoms with van der Waals surface area (Å²) in [5.74, 6) is -0.305. The maximum Gasteiger partial charge on any atom is 0.472 e. The smallest absolute Gasteiger partial charge is 0.457 e. The molecule has 1 N–H and O–H groups in total. The number of unbranched alkanes of at least 4 members (excludes halogenated alkanes) is 39. The third-order valence-corrected chi connectivity index (χ3v) is 14.1. The van der Waals surface area contributed by atoms with Gasteiger partial charge in [0.25, 0.3) is 0 Å². The molecule has 0 aromatic rings. The number of nitrogens with zero attached hydrogens (tertiary/aromatic N) is 1. The number of carbonyl (C=O) groups is 1. The van der Waals surface area contributed by atoms with Gasteiger partial charge in [-0.25, -0.2) is 4.57 Å². The number of carbonyl (C=O) groups excluding carboxylic acids is 1. The largest absolute Gasteiger partial charge is 0.472 e. The van der Waals surface area contributed by atoms with Crippen LogP contribution in [0.4, 0.5) is 0 Å². The molecule has 0 spiro atoms. The van der Waals surface area contributed by atoms with Crippen molar-refractivity contribution in [3.63, 3.8) is 0 Å². The second-order valence-electron chi connectivity index (χ2n) is 21.0. The fourth-order valence-electron chi connectivity index (χ4n) is 8.61. The number of likely N-dealkylation sites (N-methyl/N-ethyl adjacent to an activating group) is 1. The van der Waals surface area contributed by atoms with Gasteiger partial charge < -0.3 is 18.9 Å². The summed E-state index contributed by atoms with van der Waals surface area (Å²) in [7, 11) is 1.69. The van der Waals surface area contributed by atoms with E-state index in [1.807, 2.05) is 21.1 Å². The van der Waals surface area contributed by atoms with Gasteiger partial charge in [-0.2, -0.15) is 0 Å². The van der Waals surface area contributed by atoms with Crippen LogP contribution in [0.3, 0.4) is 0 Å². The average molecular weight is 958 g/mol. The van der Waals surface area contributed by atoms with Crippen molar-refractivity contribution in [1.29, 1.82) is 0 Å². The number of ether oxygens (including phenoxy) is 2. The standard InChI is InChI=1S/C57H114NO7P/c1-6-8-10-12-14-16-18-20-22-24-26-28-29-30-31-32-34-36-38-40-42-44-46-48-50-57(59)65-56(55-64-66(60,61)63-53-51-58(3,4)5)54-62-52-49-47-45-43-41-39-37-35-33-27-25-23-21-19-17-15-13-11-9-7-2/h21,23,56H,6-20,22,24-55H2,1-5H3/p+1/b23-21-. The first-order valence-corrected chi connectivity index (χ1v) is 30.4. The molecular formula is C57H115NO7P+. The molecule has 0 radical (unpaired) electrons. The van der Waals surface area contributed by atoms with Gasteiger partial charge in [0, 0.05) is 13.0 Å². The van der Waals surface area contributed by atoms with Crippen molar-refractivity contribution in [1.82, 2.24) is 0 Å². The zero-order chi connectivity index (χ0) is 48.3. The summed E-state index contributed by atoms with van der Waals surface area (Å²) in [5.41, 5.74) is 0. The molecule has 0 aliphatic rings. The number of quaternary nitrogens is 1. The van der Waals surface area contributed by atoms with E-state index in [4.69, 9.17) is 18.5 Å². The first kappa shape index (κ1) is 65.2. The number of allylic oxidation sites excluding steroid dienone is 2. The summed E-state index contributed by atoms with van der Waals surface area (Å²) < 4.78 is 35.3. The Labute approximate surface area is 411 Å². The minimum atomic E-state index is -4.28. The summed E-state index contributed by atoms with van der Waals surface area (Å²) >= 11 is 0. The second-order valence-corrected chi connectivity index (χ2v) is 22.5. The van der Waals surface area contributed by atoms with Gasteiger partial charge in [-0.05, 0) is 38.5 Å². The molecule has 0 fully saturated rings. The Morgan fingerprint density at radius 2 is 0.788 bits per heavy atom. The third kappa shape index (κ3) is 54.2. The number of esters is 1. The van der Waals surface area contributed by atoms with Crippen LogP contribution in [0, 0.1) is 0 Å². The average Bonchev–Trinajstić information content (AvgIpc) is 3.28. The van der Waals surface area contributed by atoms with Gasteiger partial charge in [-0.15, -0.1) is 0 Å². The molecule has 0 aliphatic heterocycles. The highest BCUT2D eigenvalue weighted by Crippen LogP contribution is 2.43. The number of phosphoric ester groups is 1. The summed E-state index contributed by atoms with van der Waals surface area (Å²) in [5, 5.41) is 0. The van der Waals surface area contributed by atoms with Crippen molar-refractivity contribution in [3.05, 3.63) is 12.2 Å². The summed E-state index contributed by atoms with van der Waals surface area (Å²) in [6.45, 7) is 5.69. The van der Waals surface area contributed by atoms with E-state index in [9.17, 15) is 14.3 Å². The van der Waals surface area contributed by atoms with Crippen molar-refractivity contribution < 1.29 is 37.3 Å². The minimum Gasteiger partial charge on any atom is -0.457 e. The number of hydrogen-bond acceptors (Lipinski definition) is 6. The summed E-state index contributed by atoms with van der Waals surface area (Å²) in [6, 6.07) is 0. The van der Waals surface area contributed by atoms with Gasteiger partial charge in [0.15, 0.2) is 0 Å². The molecule has 0 bridgehead atoms. The van der Waals surface area contributed by atoms with Gasteiger partial charge in [0.05, 0.1) is 34.4 Å². The molecule has 0 heterocycles. The molecule has 0 rings (SSSR count). The topological polar surface area (TPSA) is 91.3 Å². The lowest BCUT2D eigenvalue weighted by molar-refractivity contribution is -0.870. The molecule has 0 aromatic heterocycles. The predicted molar refractivity (Wildman–Crippen MR) is 284 cm³/mol. The maximum atomic E-state index is 12.8. The van der Waals surface area contributed by atoms with Crippen LogP contribution < -0.4 is 0 Å². The molecule has 0 aliphatic carbocycles. The van der Waals surface area contributed by atoms with Crippen molar-refractivity contribution in [2.45, 2.75) is 296 Å². The molecule has 0 aromatic carbocycles. The second kappa shape index (κ2) is 50.6. The van der Waals surface area contributed by atoms with Gasteiger partial charge in [-0.1, -0.05) is 257 Å². The van der Waals surface area contributed by atoms with E-state index in [1.54, 1.807) is 0 Å². The van der Waals surface area contributed by atoms with Crippen LogP contribution in [0.15, 0.2) is 12.2 Å². The SMILES string of the molecule is CCCCCCCC/C=C\CCCCCCCCCCCCOCC(COP(=O)(O)OCC[N+](C)(C)C)OC(=O)CCCCCCCCCCCCCCCCCCCCCCCCCC. The lowest BCUT2D eigenvalue weighted by Crippen LogP contribution is -2.37. The van der Waals surface area contributed by atoms with Crippen molar-refractivity contribution in [2.24, 2.45) is 0 Å². The lowest BCUT2D eigenvalue weighted by atomic mass is 10.0. The zero-order valence-corrected chi connectivity index (χ0v) is 45.9. The van der Waals surface area contributed by atoms with Crippen molar-refractivity contribution >= 4 is 13.8 Å². The molecule has 394 valence electrons. The van der Waals surface area contributed by atoms with E-state index in [0.717, 1.165) is 32.1 Å². The molecule has 8 nitrogen and oxygen atoms in total. The number of phosphoric acid groups is 1. The van der Waals surface area contributed by atoms with E-state index in [1.165, 1.54) is 238 Å². The molecule has 0 saturated heterocycles. The fraction of sp³-hybridized carbons (Fsp3) is 0.947. The van der Waals surface area contributed by atoms with Crippen molar-refractivity contribution in [3.8, 4) is 0 Å². The fourth-order valence-corrected chi connectivity index (χ4v) is 9.35. The van der Waals surface area contributed by atoms with E-state index in [2.05, 4.69) is 26.0 Å². The van der Waals surface area contributed by atoms with E-state index in [0.29, 0.717) is 24.1 Å². The molecule has 2 unspecified atom stereocenters. The van der Waals surface area contributed by atoms with E-state index >= 15 is 0 Å². The monoisotopic (exact) mass is 957 g/mol.